The van der Waals surface area contributed by atoms with Crippen molar-refractivity contribution < 1.29 is 4.79 Å². The molecule has 5 nitrogen and oxygen atoms in total. The molecule has 2 aromatic heterocycles. The molecule has 134 valence electrons. The molecule has 2 aliphatic carbocycles. The Bertz CT molecular complexity index is 833. The lowest BCUT2D eigenvalue weighted by Crippen LogP contribution is -2.37. The molecule has 0 aliphatic heterocycles. The van der Waals surface area contributed by atoms with Crippen molar-refractivity contribution in [1.82, 2.24) is 14.9 Å². The minimum atomic E-state index is 0.0230. The number of amides is 1. The van der Waals surface area contributed by atoms with Crippen LogP contribution in [-0.4, -0.2) is 21.5 Å². The van der Waals surface area contributed by atoms with Crippen LogP contribution in [0.5, 0.6) is 0 Å². The van der Waals surface area contributed by atoms with Crippen molar-refractivity contribution in [2.45, 2.75) is 76.8 Å². The van der Waals surface area contributed by atoms with Gasteiger partial charge in [-0.25, -0.2) is 4.98 Å². The van der Waals surface area contributed by atoms with Crippen LogP contribution < -0.4 is 10.9 Å². The van der Waals surface area contributed by atoms with Crippen LogP contribution >= 0.6 is 11.3 Å². The number of hydrogen-bond donors (Lipinski definition) is 1. The number of fused-ring (bicyclic) bond motifs is 3. The number of thiophene rings is 1. The summed E-state index contributed by atoms with van der Waals surface area (Å²) >= 11 is 1.67. The molecule has 2 aliphatic rings. The molecule has 2 aromatic rings. The normalized spacial score (nSPS) is 18.2. The lowest BCUT2D eigenvalue weighted by Gasteiger charge is -2.22. The quantitative estimate of drug-likeness (QED) is 0.912. The second-order valence-corrected chi connectivity index (χ2v) is 8.37. The lowest BCUT2D eigenvalue weighted by atomic mass is 9.95. The Morgan fingerprint density at radius 2 is 2.00 bits per heavy atom. The van der Waals surface area contributed by atoms with Crippen molar-refractivity contribution in [3.8, 4) is 0 Å². The van der Waals surface area contributed by atoms with E-state index in [1.165, 1.54) is 36.1 Å². The van der Waals surface area contributed by atoms with Gasteiger partial charge in [0.2, 0.25) is 5.91 Å². The van der Waals surface area contributed by atoms with Crippen molar-refractivity contribution in [2.24, 2.45) is 0 Å². The standard InChI is InChI=1S/C19H25N3O2S/c23-16(21-13-6-2-1-3-7-13)10-11-22-12-20-18-17(19(22)24)14-8-4-5-9-15(14)25-18/h12-13H,1-11H2,(H,21,23). The average molecular weight is 359 g/mol. The molecular formula is C19H25N3O2S. The fraction of sp³-hybridized carbons (Fsp3) is 0.632. The number of nitrogens with one attached hydrogen (secondary N) is 1. The molecule has 0 saturated heterocycles. The molecule has 0 spiro atoms. The van der Waals surface area contributed by atoms with Gasteiger partial charge < -0.3 is 5.32 Å². The van der Waals surface area contributed by atoms with Crippen LogP contribution in [0, 0.1) is 0 Å². The van der Waals surface area contributed by atoms with Crippen LogP contribution in [-0.2, 0) is 24.2 Å². The molecule has 0 atom stereocenters. The fourth-order valence-corrected chi connectivity index (χ4v) is 5.33. The number of hydrogen-bond acceptors (Lipinski definition) is 4. The van der Waals surface area contributed by atoms with Crippen molar-refractivity contribution in [1.29, 1.82) is 0 Å². The van der Waals surface area contributed by atoms with E-state index in [4.69, 9.17) is 0 Å². The molecule has 2 heterocycles. The maximum absolute atomic E-state index is 12.9. The fourth-order valence-electron chi connectivity index (χ4n) is 4.11. The van der Waals surface area contributed by atoms with Gasteiger partial charge >= 0.3 is 0 Å². The smallest absolute Gasteiger partial charge is 0.262 e. The summed E-state index contributed by atoms with van der Waals surface area (Å²) in [5.74, 6) is 0.0474. The van der Waals surface area contributed by atoms with Gasteiger partial charge in [-0.05, 0) is 44.1 Å². The van der Waals surface area contributed by atoms with E-state index in [1.807, 2.05) is 0 Å². The van der Waals surface area contributed by atoms with E-state index < -0.39 is 0 Å². The predicted molar refractivity (Wildman–Crippen MR) is 100 cm³/mol. The molecule has 0 bridgehead atoms. The minimum Gasteiger partial charge on any atom is -0.353 e. The second-order valence-electron chi connectivity index (χ2n) is 7.29. The van der Waals surface area contributed by atoms with Gasteiger partial charge in [-0.1, -0.05) is 19.3 Å². The molecule has 0 aromatic carbocycles. The summed E-state index contributed by atoms with van der Waals surface area (Å²) in [4.78, 5) is 31.7. The number of aromatic nitrogens is 2. The summed E-state index contributed by atoms with van der Waals surface area (Å²) in [6.07, 6.45) is 12.2. The molecule has 1 saturated carbocycles. The van der Waals surface area contributed by atoms with Crippen LogP contribution in [0.2, 0.25) is 0 Å². The zero-order chi connectivity index (χ0) is 17.2. The van der Waals surface area contributed by atoms with Crippen LogP contribution in [0.3, 0.4) is 0 Å². The van der Waals surface area contributed by atoms with Crippen molar-refractivity contribution in [3.05, 3.63) is 27.1 Å². The first kappa shape index (κ1) is 16.8. The Labute approximate surface area is 151 Å². The van der Waals surface area contributed by atoms with E-state index in [-0.39, 0.29) is 11.5 Å². The highest BCUT2D eigenvalue weighted by Crippen LogP contribution is 2.33. The van der Waals surface area contributed by atoms with Crippen molar-refractivity contribution >= 4 is 27.5 Å². The van der Waals surface area contributed by atoms with Gasteiger partial charge in [0.15, 0.2) is 0 Å². The van der Waals surface area contributed by atoms with E-state index in [0.29, 0.717) is 19.0 Å². The van der Waals surface area contributed by atoms with Gasteiger partial charge in [-0.15, -0.1) is 11.3 Å². The first-order valence-electron chi connectivity index (χ1n) is 9.51. The van der Waals surface area contributed by atoms with E-state index in [2.05, 4.69) is 10.3 Å². The van der Waals surface area contributed by atoms with Gasteiger partial charge in [0, 0.05) is 23.9 Å². The van der Waals surface area contributed by atoms with Crippen molar-refractivity contribution in [3.63, 3.8) is 0 Å². The summed E-state index contributed by atoms with van der Waals surface area (Å²) in [5.41, 5.74) is 1.24. The summed E-state index contributed by atoms with van der Waals surface area (Å²) in [5, 5.41) is 3.92. The number of nitrogens with zero attached hydrogens (tertiary/aromatic N) is 2. The Morgan fingerprint density at radius 1 is 1.20 bits per heavy atom. The third-order valence-electron chi connectivity index (χ3n) is 5.49. The van der Waals surface area contributed by atoms with Crippen LogP contribution in [0.25, 0.3) is 10.2 Å². The molecule has 1 N–H and O–H groups in total. The Kier molecular flexibility index (Phi) is 4.88. The van der Waals surface area contributed by atoms with Gasteiger partial charge in [0.05, 0.1) is 11.7 Å². The van der Waals surface area contributed by atoms with E-state index in [1.54, 1.807) is 22.2 Å². The molecule has 1 fully saturated rings. The highest BCUT2D eigenvalue weighted by atomic mass is 32.1. The highest BCUT2D eigenvalue weighted by molar-refractivity contribution is 7.18. The predicted octanol–water partition coefficient (Wildman–Crippen LogP) is 3.18. The average Bonchev–Trinajstić information content (AvgIpc) is 3.01. The second kappa shape index (κ2) is 7.28. The molecule has 25 heavy (non-hydrogen) atoms. The Morgan fingerprint density at radius 3 is 2.84 bits per heavy atom. The topological polar surface area (TPSA) is 64.0 Å². The van der Waals surface area contributed by atoms with Gasteiger partial charge in [0.25, 0.3) is 5.56 Å². The molecule has 1 amide bonds. The Balaban J connectivity index is 1.47. The monoisotopic (exact) mass is 359 g/mol. The number of carbonyl (C=O) groups excluding carboxylic acids is 1. The number of carbonyl (C=O) groups is 1. The lowest BCUT2D eigenvalue weighted by molar-refractivity contribution is -0.122. The molecule has 4 rings (SSSR count). The summed E-state index contributed by atoms with van der Waals surface area (Å²) < 4.78 is 1.62. The van der Waals surface area contributed by atoms with Crippen LogP contribution in [0.1, 0.15) is 61.8 Å². The van der Waals surface area contributed by atoms with E-state index in [9.17, 15) is 9.59 Å². The molecular weight excluding hydrogens is 334 g/mol. The number of rotatable bonds is 4. The largest absolute Gasteiger partial charge is 0.353 e. The van der Waals surface area contributed by atoms with E-state index in [0.717, 1.165) is 42.3 Å². The Hall–Kier alpha value is -1.69. The number of aryl methyl sites for hydroxylation is 3. The van der Waals surface area contributed by atoms with Crippen molar-refractivity contribution in [2.75, 3.05) is 0 Å². The summed E-state index contributed by atoms with van der Waals surface area (Å²) in [7, 11) is 0. The van der Waals surface area contributed by atoms with Gasteiger partial charge in [0.1, 0.15) is 4.83 Å². The zero-order valence-corrected chi connectivity index (χ0v) is 15.4. The SMILES string of the molecule is O=C(CCn1cnc2sc3c(c2c1=O)CCCC3)NC1CCCCC1. The molecule has 0 unspecified atom stereocenters. The van der Waals surface area contributed by atoms with Gasteiger partial charge in [-0.2, -0.15) is 0 Å². The maximum Gasteiger partial charge on any atom is 0.262 e. The minimum absolute atomic E-state index is 0.0230. The maximum atomic E-state index is 12.9. The van der Waals surface area contributed by atoms with Crippen LogP contribution in [0.4, 0.5) is 0 Å². The summed E-state index contributed by atoms with van der Waals surface area (Å²) in [6.45, 7) is 0.408. The first-order valence-corrected chi connectivity index (χ1v) is 10.3. The molecule has 6 heteroatoms. The molecule has 0 radical (unpaired) electrons. The summed E-state index contributed by atoms with van der Waals surface area (Å²) in [6, 6.07) is 0.322. The third-order valence-corrected chi connectivity index (χ3v) is 6.69. The third kappa shape index (κ3) is 3.50. The van der Waals surface area contributed by atoms with Gasteiger partial charge in [-0.3, -0.25) is 14.2 Å². The van der Waals surface area contributed by atoms with Crippen LogP contribution in [0.15, 0.2) is 11.1 Å². The van der Waals surface area contributed by atoms with E-state index >= 15 is 0 Å². The highest BCUT2D eigenvalue weighted by Gasteiger charge is 2.20. The first-order chi connectivity index (χ1) is 12.2. The zero-order valence-electron chi connectivity index (χ0n) is 14.6.